The third-order valence-electron chi connectivity index (χ3n) is 6.71. The molecule has 3 rings (SSSR count). The van der Waals surface area contributed by atoms with Crippen LogP contribution in [0.2, 0.25) is 0 Å². The summed E-state index contributed by atoms with van der Waals surface area (Å²) in [5.74, 6) is 0.674. The zero-order valence-corrected chi connectivity index (χ0v) is 14.1. The quantitative estimate of drug-likeness (QED) is 0.798. The van der Waals surface area contributed by atoms with Crippen LogP contribution in [-0.2, 0) is 6.42 Å². The lowest BCUT2D eigenvalue weighted by molar-refractivity contribution is -0.0933. The molecule has 1 aromatic rings. The molecule has 0 radical (unpaired) electrons. The molecule has 2 fully saturated rings. The first kappa shape index (κ1) is 14.6. The molecule has 2 aliphatic rings. The van der Waals surface area contributed by atoms with Gasteiger partial charge >= 0.3 is 0 Å². The average Bonchev–Trinajstić information content (AvgIpc) is 2.81. The molecule has 1 unspecified atom stereocenters. The number of alkyl halides is 1. The van der Waals surface area contributed by atoms with Crippen LogP contribution < -0.4 is 0 Å². The molecule has 4 atom stereocenters. The molecular weight excluding hydrogens is 312 g/mol. The fourth-order valence-electron chi connectivity index (χ4n) is 4.87. The van der Waals surface area contributed by atoms with Gasteiger partial charge in [0.2, 0.25) is 0 Å². The summed E-state index contributed by atoms with van der Waals surface area (Å²) in [5, 5.41) is 12.4. The second kappa shape index (κ2) is 4.84. The average molecular weight is 337 g/mol. The van der Waals surface area contributed by atoms with Crippen LogP contribution in [0.15, 0.2) is 30.3 Å². The molecule has 1 N–H and O–H groups in total. The molecule has 2 bridgehead atoms. The van der Waals surface area contributed by atoms with Crippen LogP contribution in [-0.4, -0.2) is 16.0 Å². The first-order chi connectivity index (χ1) is 9.45. The second-order valence-corrected chi connectivity index (χ2v) is 7.90. The Labute approximate surface area is 130 Å². The van der Waals surface area contributed by atoms with Crippen LogP contribution in [0.25, 0.3) is 0 Å². The van der Waals surface area contributed by atoms with Crippen LogP contribution >= 0.6 is 15.9 Å². The number of fused-ring (bicyclic) bond motifs is 2. The smallest absolute Gasteiger partial charge is 0.0712 e. The number of benzene rings is 1. The van der Waals surface area contributed by atoms with Crippen LogP contribution in [0.1, 0.15) is 45.1 Å². The van der Waals surface area contributed by atoms with E-state index in [4.69, 9.17) is 0 Å². The van der Waals surface area contributed by atoms with E-state index in [9.17, 15) is 5.11 Å². The summed E-state index contributed by atoms with van der Waals surface area (Å²) in [5.41, 5.74) is 1.16. The molecule has 0 heterocycles. The third kappa shape index (κ3) is 1.84. The highest BCUT2D eigenvalue weighted by molar-refractivity contribution is 9.09. The van der Waals surface area contributed by atoms with Crippen molar-refractivity contribution < 1.29 is 5.11 Å². The van der Waals surface area contributed by atoms with Gasteiger partial charge in [-0.2, -0.15) is 0 Å². The van der Waals surface area contributed by atoms with E-state index < -0.39 is 5.60 Å². The van der Waals surface area contributed by atoms with E-state index in [0.29, 0.717) is 5.92 Å². The summed E-state index contributed by atoms with van der Waals surface area (Å²) in [4.78, 5) is 0. The van der Waals surface area contributed by atoms with Crippen molar-refractivity contribution in [3.05, 3.63) is 35.9 Å². The van der Waals surface area contributed by atoms with Crippen molar-refractivity contribution in [2.45, 2.75) is 51.6 Å². The predicted octanol–water partition coefficient (Wildman–Crippen LogP) is 4.57. The molecule has 0 aliphatic heterocycles. The van der Waals surface area contributed by atoms with Crippen LogP contribution in [0.3, 0.4) is 0 Å². The SMILES string of the molecule is CC1(CBr)[C@@H]2CC[C@@]1(C)[C@@](O)(CCc1ccccc1)C2. The first-order valence-corrected chi connectivity index (χ1v) is 8.90. The molecule has 0 aromatic heterocycles. The molecule has 2 saturated carbocycles. The van der Waals surface area contributed by atoms with E-state index in [2.05, 4.69) is 60.1 Å². The first-order valence-electron chi connectivity index (χ1n) is 7.77. The molecular formula is C18H25BrO. The largest absolute Gasteiger partial charge is 0.389 e. The predicted molar refractivity (Wildman–Crippen MR) is 87.1 cm³/mol. The monoisotopic (exact) mass is 336 g/mol. The van der Waals surface area contributed by atoms with E-state index in [1.54, 1.807) is 0 Å². The highest BCUT2D eigenvalue weighted by Crippen LogP contribution is 2.71. The standard InChI is InChI=1S/C18H25BrO/c1-16(13-19)15-9-10-17(16,2)18(20,12-15)11-8-14-6-4-3-5-7-14/h3-7,15,20H,8-13H2,1-2H3/t15-,16?,17-,18-/m1/s1. The maximum atomic E-state index is 11.3. The van der Waals surface area contributed by atoms with Gasteiger partial charge in [0.15, 0.2) is 0 Å². The number of hydrogen-bond donors (Lipinski definition) is 1. The van der Waals surface area contributed by atoms with Crippen molar-refractivity contribution in [2.75, 3.05) is 5.33 Å². The Morgan fingerprint density at radius 3 is 2.55 bits per heavy atom. The van der Waals surface area contributed by atoms with Crippen molar-refractivity contribution in [3.63, 3.8) is 0 Å². The highest BCUT2D eigenvalue weighted by Gasteiger charge is 2.69. The second-order valence-electron chi connectivity index (χ2n) is 7.34. The van der Waals surface area contributed by atoms with Crippen LogP contribution in [0.5, 0.6) is 0 Å². The lowest BCUT2D eigenvalue weighted by atomic mass is 9.63. The maximum absolute atomic E-state index is 11.3. The Kier molecular flexibility index (Phi) is 3.53. The molecule has 1 aromatic carbocycles. The Morgan fingerprint density at radius 2 is 1.95 bits per heavy atom. The van der Waals surface area contributed by atoms with E-state index in [1.165, 1.54) is 18.4 Å². The van der Waals surface area contributed by atoms with Crippen LogP contribution in [0.4, 0.5) is 0 Å². The lowest BCUT2D eigenvalue weighted by Gasteiger charge is -2.46. The molecule has 2 aliphatic carbocycles. The zero-order chi connectivity index (χ0) is 14.4. The van der Waals surface area contributed by atoms with Gasteiger partial charge in [0.1, 0.15) is 0 Å². The van der Waals surface area contributed by atoms with E-state index in [-0.39, 0.29) is 10.8 Å². The Bertz CT molecular complexity index is 487. The minimum Gasteiger partial charge on any atom is -0.389 e. The minimum atomic E-state index is -0.492. The third-order valence-corrected chi connectivity index (χ3v) is 7.88. The van der Waals surface area contributed by atoms with E-state index in [1.807, 2.05) is 0 Å². The fourth-order valence-corrected chi connectivity index (χ4v) is 5.95. The Morgan fingerprint density at radius 1 is 1.25 bits per heavy atom. The summed E-state index contributed by atoms with van der Waals surface area (Å²) >= 11 is 3.72. The number of aliphatic hydroxyl groups is 1. The Balaban J connectivity index is 1.80. The van der Waals surface area contributed by atoms with Gasteiger partial charge in [0.05, 0.1) is 5.60 Å². The van der Waals surface area contributed by atoms with Gasteiger partial charge in [-0.1, -0.05) is 60.1 Å². The van der Waals surface area contributed by atoms with Gasteiger partial charge in [-0.05, 0) is 49.0 Å². The summed E-state index contributed by atoms with van der Waals surface area (Å²) in [6, 6.07) is 10.6. The molecule has 1 nitrogen and oxygen atoms in total. The summed E-state index contributed by atoms with van der Waals surface area (Å²) in [7, 11) is 0. The number of hydrogen-bond acceptors (Lipinski definition) is 1. The molecule has 2 heteroatoms. The van der Waals surface area contributed by atoms with E-state index in [0.717, 1.165) is 24.6 Å². The zero-order valence-electron chi connectivity index (χ0n) is 12.5. The fraction of sp³-hybridized carbons (Fsp3) is 0.667. The van der Waals surface area contributed by atoms with Gasteiger partial charge in [-0.15, -0.1) is 0 Å². The molecule has 20 heavy (non-hydrogen) atoms. The lowest BCUT2D eigenvalue weighted by Crippen LogP contribution is -2.48. The summed E-state index contributed by atoms with van der Waals surface area (Å²) in [6.07, 6.45) is 5.32. The van der Waals surface area contributed by atoms with Crippen LogP contribution in [0, 0.1) is 16.7 Å². The molecule has 0 spiro atoms. The van der Waals surface area contributed by atoms with Crippen molar-refractivity contribution in [3.8, 4) is 0 Å². The maximum Gasteiger partial charge on any atom is 0.0712 e. The minimum absolute atomic E-state index is 0.0585. The number of rotatable bonds is 4. The molecule has 110 valence electrons. The normalized spacial score (nSPS) is 43.1. The molecule has 0 saturated heterocycles. The van der Waals surface area contributed by atoms with Crippen molar-refractivity contribution >= 4 is 15.9 Å². The molecule has 0 amide bonds. The number of aryl methyl sites for hydroxylation is 1. The van der Waals surface area contributed by atoms with Crippen molar-refractivity contribution in [2.24, 2.45) is 16.7 Å². The van der Waals surface area contributed by atoms with Gasteiger partial charge in [0, 0.05) is 10.7 Å². The van der Waals surface area contributed by atoms with Gasteiger partial charge in [0.25, 0.3) is 0 Å². The summed E-state index contributed by atoms with van der Waals surface area (Å²) in [6.45, 7) is 4.70. The van der Waals surface area contributed by atoms with Crippen molar-refractivity contribution in [1.29, 1.82) is 0 Å². The van der Waals surface area contributed by atoms with E-state index >= 15 is 0 Å². The number of halogens is 1. The van der Waals surface area contributed by atoms with Crippen molar-refractivity contribution in [1.82, 2.24) is 0 Å². The van der Waals surface area contributed by atoms with Gasteiger partial charge in [-0.3, -0.25) is 0 Å². The van der Waals surface area contributed by atoms with Gasteiger partial charge in [-0.25, -0.2) is 0 Å². The summed E-state index contributed by atoms with van der Waals surface area (Å²) < 4.78 is 0. The highest BCUT2D eigenvalue weighted by atomic mass is 79.9. The topological polar surface area (TPSA) is 20.2 Å². The van der Waals surface area contributed by atoms with Gasteiger partial charge < -0.3 is 5.11 Å². The Hall–Kier alpha value is -0.340.